The molecule has 124 valence electrons. The van der Waals surface area contributed by atoms with Crippen LogP contribution in [0.4, 0.5) is 13.2 Å². The van der Waals surface area contributed by atoms with Gasteiger partial charge in [-0.15, -0.1) is 0 Å². The van der Waals surface area contributed by atoms with Gasteiger partial charge in [0.05, 0.1) is 18.1 Å². The van der Waals surface area contributed by atoms with Gasteiger partial charge >= 0.3 is 6.18 Å². The van der Waals surface area contributed by atoms with Crippen LogP contribution in [-0.4, -0.2) is 0 Å². The Bertz CT molecular complexity index is 748. The zero-order chi connectivity index (χ0) is 17.0. The Morgan fingerprint density at radius 1 is 0.917 bits per heavy atom. The molecule has 1 aromatic heterocycles. The van der Waals surface area contributed by atoms with Crippen LogP contribution in [-0.2, 0) is 12.6 Å². The summed E-state index contributed by atoms with van der Waals surface area (Å²) < 4.78 is 49.0. The van der Waals surface area contributed by atoms with Crippen molar-refractivity contribution >= 4 is 0 Å². The van der Waals surface area contributed by atoms with Crippen LogP contribution >= 0.6 is 0 Å². The quantitative estimate of drug-likeness (QED) is 0.601. The highest BCUT2D eigenvalue weighted by Crippen LogP contribution is 2.32. The number of hydrogen-bond donors (Lipinski definition) is 0. The smallest absolute Gasteiger partial charge is 0.416 e. The van der Waals surface area contributed by atoms with Crippen molar-refractivity contribution < 1.29 is 22.3 Å². The van der Waals surface area contributed by atoms with Gasteiger partial charge in [0.15, 0.2) is 0 Å². The average Bonchev–Trinajstić information content (AvgIpc) is 3.08. The van der Waals surface area contributed by atoms with Crippen molar-refractivity contribution in [2.45, 2.75) is 18.7 Å². The number of ether oxygens (including phenoxy) is 1. The molecule has 1 atom stereocenters. The molecule has 1 unspecified atom stereocenters. The van der Waals surface area contributed by atoms with Crippen LogP contribution in [0.25, 0.3) is 0 Å². The molecule has 2 aromatic carbocycles. The van der Waals surface area contributed by atoms with Crippen LogP contribution in [0, 0.1) is 0 Å². The topological polar surface area (TPSA) is 22.4 Å². The van der Waals surface area contributed by atoms with Crippen molar-refractivity contribution in [3.05, 3.63) is 89.9 Å². The summed E-state index contributed by atoms with van der Waals surface area (Å²) in [7, 11) is 0. The van der Waals surface area contributed by atoms with Crippen molar-refractivity contribution in [2.24, 2.45) is 0 Å². The largest absolute Gasteiger partial charge is 0.485 e. The van der Waals surface area contributed by atoms with Crippen LogP contribution < -0.4 is 4.74 Å². The molecule has 0 aliphatic rings. The van der Waals surface area contributed by atoms with E-state index in [-0.39, 0.29) is 6.10 Å². The van der Waals surface area contributed by atoms with Crippen molar-refractivity contribution in [3.63, 3.8) is 0 Å². The zero-order valence-corrected chi connectivity index (χ0v) is 12.7. The third-order valence-corrected chi connectivity index (χ3v) is 3.63. The van der Waals surface area contributed by atoms with Crippen LogP contribution in [0.3, 0.4) is 0 Å². The Labute approximate surface area is 137 Å². The second-order valence-electron chi connectivity index (χ2n) is 5.38. The molecule has 0 radical (unpaired) electrons. The number of benzene rings is 2. The van der Waals surface area contributed by atoms with E-state index in [0.29, 0.717) is 12.2 Å². The maximum absolute atomic E-state index is 12.6. The van der Waals surface area contributed by atoms with Gasteiger partial charge in [-0.25, -0.2) is 0 Å². The molecular weight excluding hydrogens is 317 g/mol. The molecule has 0 N–H and O–H groups in total. The summed E-state index contributed by atoms with van der Waals surface area (Å²) in [6, 6.07) is 16.1. The molecule has 0 saturated heterocycles. The molecule has 0 bridgehead atoms. The first-order valence-corrected chi connectivity index (χ1v) is 7.42. The summed E-state index contributed by atoms with van der Waals surface area (Å²) in [4.78, 5) is 0. The fraction of sp³-hybridized carbons (Fsp3) is 0.158. The summed E-state index contributed by atoms with van der Waals surface area (Å²) in [6.45, 7) is 0. The number of hydrogen-bond acceptors (Lipinski definition) is 2. The summed E-state index contributed by atoms with van der Waals surface area (Å²) in [6.07, 6.45) is -0.905. The number of rotatable bonds is 5. The van der Waals surface area contributed by atoms with Gasteiger partial charge in [0.2, 0.25) is 0 Å². The van der Waals surface area contributed by atoms with E-state index >= 15 is 0 Å². The highest BCUT2D eigenvalue weighted by Gasteiger charge is 2.30. The van der Waals surface area contributed by atoms with Crippen molar-refractivity contribution in [1.82, 2.24) is 0 Å². The molecule has 0 amide bonds. The van der Waals surface area contributed by atoms with Gasteiger partial charge < -0.3 is 9.15 Å². The first-order chi connectivity index (χ1) is 11.5. The van der Waals surface area contributed by atoms with E-state index in [4.69, 9.17) is 9.15 Å². The fourth-order valence-corrected chi connectivity index (χ4v) is 2.40. The number of halogens is 3. The Hall–Kier alpha value is -2.69. The third kappa shape index (κ3) is 3.98. The normalized spacial score (nSPS) is 12.8. The molecule has 2 nitrogen and oxygen atoms in total. The SMILES string of the molecule is FC(F)(F)c1ccc(OC(Cc2ccoc2)c2ccccc2)cc1. The van der Waals surface area contributed by atoms with Crippen LogP contribution in [0.15, 0.2) is 77.6 Å². The Morgan fingerprint density at radius 3 is 2.21 bits per heavy atom. The van der Waals surface area contributed by atoms with Gasteiger partial charge in [0.25, 0.3) is 0 Å². The summed E-state index contributed by atoms with van der Waals surface area (Å²) in [5.41, 5.74) is 1.20. The Balaban J connectivity index is 1.81. The van der Waals surface area contributed by atoms with E-state index in [1.165, 1.54) is 12.1 Å². The minimum absolute atomic E-state index is 0.319. The number of furan rings is 1. The van der Waals surface area contributed by atoms with Crippen LogP contribution in [0.2, 0.25) is 0 Å². The highest BCUT2D eigenvalue weighted by molar-refractivity contribution is 5.30. The Morgan fingerprint density at radius 2 is 1.62 bits per heavy atom. The number of alkyl halides is 3. The van der Waals surface area contributed by atoms with Gasteiger partial charge in [-0.05, 0) is 41.5 Å². The van der Waals surface area contributed by atoms with Gasteiger partial charge in [-0.3, -0.25) is 0 Å². The van der Waals surface area contributed by atoms with E-state index in [1.807, 2.05) is 36.4 Å². The lowest BCUT2D eigenvalue weighted by Gasteiger charge is -2.19. The molecule has 0 spiro atoms. The first-order valence-electron chi connectivity index (χ1n) is 7.42. The van der Waals surface area contributed by atoms with E-state index < -0.39 is 11.7 Å². The van der Waals surface area contributed by atoms with Gasteiger partial charge in [-0.1, -0.05) is 30.3 Å². The molecular formula is C19H15F3O2. The van der Waals surface area contributed by atoms with Crippen LogP contribution in [0.5, 0.6) is 5.75 Å². The highest BCUT2D eigenvalue weighted by atomic mass is 19.4. The van der Waals surface area contributed by atoms with E-state index in [2.05, 4.69) is 0 Å². The summed E-state index contributed by atoms with van der Waals surface area (Å²) >= 11 is 0. The summed E-state index contributed by atoms with van der Waals surface area (Å²) in [5.74, 6) is 0.389. The molecule has 1 heterocycles. The molecule has 0 fully saturated rings. The van der Waals surface area contributed by atoms with Crippen LogP contribution in [0.1, 0.15) is 22.8 Å². The molecule has 3 rings (SSSR count). The van der Waals surface area contributed by atoms with Gasteiger partial charge in [-0.2, -0.15) is 13.2 Å². The molecule has 0 saturated carbocycles. The van der Waals surface area contributed by atoms with Crippen molar-refractivity contribution in [1.29, 1.82) is 0 Å². The Kier molecular flexibility index (Phi) is 4.60. The molecule has 3 aromatic rings. The molecule has 24 heavy (non-hydrogen) atoms. The lowest BCUT2D eigenvalue weighted by atomic mass is 10.0. The molecule has 5 heteroatoms. The van der Waals surface area contributed by atoms with Crippen molar-refractivity contribution in [3.8, 4) is 5.75 Å². The minimum atomic E-state index is -4.35. The van der Waals surface area contributed by atoms with Gasteiger partial charge in [0.1, 0.15) is 11.9 Å². The lowest BCUT2D eigenvalue weighted by molar-refractivity contribution is -0.137. The van der Waals surface area contributed by atoms with E-state index in [9.17, 15) is 13.2 Å². The standard InChI is InChI=1S/C19H15F3O2/c20-19(21,22)16-6-8-17(9-7-16)24-18(12-14-10-11-23-13-14)15-4-2-1-3-5-15/h1-11,13,18H,12H2. The predicted molar refractivity (Wildman–Crippen MR) is 83.7 cm³/mol. The van der Waals surface area contributed by atoms with Gasteiger partial charge in [0, 0.05) is 6.42 Å². The molecule has 0 aliphatic heterocycles. The minimum Gasteiger partial charge on any atom is -0.485 e. The fourth-order valence-electron chi connectivity index (χ4n) is 2.40. The second kappa shape index (κ2) is 6.83. The van der Waals surface area contributed by atoms with Crippen molar-refractivity contribution in [2.75, 3.05) is 0 Å². The lowest BCUT2D eigenvalue weighted by Crippen LogP contribution is -2.11. The zero-order valence-electron chi connectivity index (χ0n) is 12.7. The summed E-state index contributed by atoms with van der Waals surface area (Å²) in [5, 5.41) is 0. The molecule has 0 aliphatic carbocycles. The predicted octanol–water partition coefficient (Wildman–Crippen LogP) is 5.66. The third-order valence-electron chi connectivity index (χ3n) is 3.63. The first kappa shape index (κ1) is 16.2. The monoisotopic (exact) mass is 332 g/mol. The second-order valence-corrected chi connectivity index (χ2v) is 5.38. The van der Waals surface area contributed by atoms with E-state index in [0.717, 1.165) is 23.3 Å². The maximum Gasteiger partial charge on any atom is 0.416 e. The van der Waals surface area contributed by atoms with E-state index in [1.54, 1.807) is 12.5 Å². The maximum atomic E-state index is 12.6. The average molecular weight is 332 g/mol.